The number of aliphatic hydroxyl groups is 1. The summed E-state index contributed by atoms with van der Waals surface area (Å²) in [6.07, 6.45) is 11.2. The summed E-state index contributed by atoms with van der Waals surface area (Å²) in [5.74, 6) is 0.895. The van der Waals surface area contributed by atoms with Gasteiger partial charge in [0.25, 0.3) is 0 Å². The minimum absolute atomic E-state index is 0.0760. The number of benzene rings is 1. The van der Waals surface area contributed by atoms with Crippen LogP contribution in [0.4, 0.5) is 0 Å². The highest BCUT2D eigenvalue weighted by Gasteiger charge is 2.23. The van der Waals surface area contributed by atoms with Crippen molar-refractivity contribution in [2.45, 2.75) is 51.7 Å². The van der Waals surface area contributed by atoms with Gasteiger partial charge >= 0.3 is 0 Å². The third kappa shape index (κ3) is 4.16. The van der Waals surface area contributed by atoms with Gasteiger partial charge < -0.3 is 10.1 Å². The Bertz CT molecular complexity index is 1500. The Hall–Kier alpha value is -3.62. The van der Waals surface area contributed by atoms with E-state index < -0.39 is 0 Å². The molecule has 0 amide bonds. The molecule has 1 aliphatic heterocycles. The van der Waals surface area contributed by atoms with Crippen molar-refractivity contribution in [1.29, 1.82) is 0 Å². The van der Waals surface area contributed by atoms with Crippen LogP contribution in [0.15, 0.2) is 55.5 Å². The van der Waals surface area contributed by atoms with E-state index >= 15 is 0 Å². The topological polar surface area (TPSA) is 95.2 Å². The zero-order chi connectivity index (χ0) is 24.6. The zero-order valence-electron chi connectivity index (χ0n) is 20.7. The number of nitrogens with zero attached hydrogens (tertiary/aromatic N) is 6. The first-order valence-corrected chi connectivity index (χ1v) is 12.7. The van der Waals surface area contributed by atoms with E-state index in [1.807, 2.05) is 24.7 Å². The lowest BCUT2D eigenvalue weighted by Crippen LogP contribution is -2.32. The number of pyridine rings is 1. The largest absolute Gasteiger partial charge is 0.392 e. The van der Waals surface area contributed by atoms with Gasteiger partial charge in [0.1, 0.15) is 12.7 Å². The first kappa shape index (κ1) is 22.8. The third-order valence-corrected chi connectivity index (χ3v) is 7.43. The molecular weight excluding hydrogens is 450 g/mol. The van der Waals surface area contributed by atoms with Crippen molar-refractivity contribution >= 4 is 16.6 Å². The Kier molecular flexibility index (Phi) is 5.99. The Labute approximate surface area is 210 Å². The van der Waals surface area contributed by atoms with E-state index in [-0.39, 0.29) is 6.61 Å². The molecule has 1 saturated heterocycles. The molecule has 184 valence electrons. The van der Waals surface area contributed by atoms with Crippen LogP contribution < -0.4 is 0 Å². The van der Waals surface area contributed by atoms with E-state index in [1.54, 1.807) is 10.8 Å². The summed E-state index contributed by atoms with van der Waals surface area (Å²) in [6.45, 7) is 7.48. The highest BCUT2D eigenvalue weighted by atomic mass is 16.3. The highest BCUT2D eigenvalue weighted by Crippen LogP contribution is 2.38. The molecule has 8 nitrogen and oxygen atoms in total. The second-order valence-electron chi connectivity index (χ2n) is 10.1. The Morgan fingerprint density at radius 3 is 2.64 bits per heavy atom. The number of hydrogen-bond donors (Lipinski definition) is 2. The molecule has 1 fully saturated rings. The van der Waals surface area contributed by atoms with Gasteiger partial charge in [-0.1, -0.05) is 19.9 Å². The molecule has 5 aromatic rings. The van der Waals surface area contributed by atoms with Crippen molar-refractivity contribution in [2.24, 2.45) is 0 Å². The van der Waals surface area contributed by atoms with E-state index in [0.717, 1.165) is 54.8 Å². The number of H-pyrrole nitrogens is 1. The maximum Gasteiger partial charge on any atom is 0.160 e. The number of fused-ring (bicyclic) bond motifs is 2. The van der Waals surface area contributed by atoms with E-state index in [2.05, 4.69) is 62.0 Å². The summed E-state index contributed by atoms with van der Waals surface area (Å²) >= 11 is 0. The van der Waals surface area contributed by atoms with Crippen LogP contribution in [0.2, 0.25) is 0 Å². The van der Waals surface area contributed by atoms with Crippen LogP contribution >= 0.6 is 0 Å². The fraction of sp³-hybridized carbons (Fsp3) is 0.357. The maximum atomic E-state index is 9.92. The van der Waals surface area contributed by atoms with Crippen molar-refractivity contribution < 1.29 is 5.11 Å². The van der Waals surface area contributed by atoms with Crippen LogP contribution in [0.3, 0.4) is 0 Å². The molecule has 0 radical (unpaired) electrons. The average molecular weight is 482 g/mol. The Morgan fingerprint density at radius 1 is 1.08 bits per heavy atom. The van der Waals surface area contributed by atoms with Gasteiger partial charge in [0.2, 0.25) is 0 Å². The predicted octanol–water partition coefficient (Wildman–Crippen LogP) is 4.66. The molecule has 0 saturated carbocycles. The van der Waals surface area contributed by atoms with E-state index in [9.17, 15) is 5.11 Å². The minimum Gasteiger partial charge on any atom is -0.392 e. The van der Waals surface area contributed by atoms with Crippen LogP contribution in [-0.2, 0) is 13.2 Å². The summed E-state index contributed by atoms with van der Waals surface area (Å²) in [5.41, 5.74) is 8.60. The predicted molar refractivity (Wildman–Crippen MR) is 140 cm³/mol. The number of rotatable bonds is 6. The van der Waals surface area contributed by atoms with Gasteiger partial charge in [-0.3, -0.25) is 4.90 Å². The van der Waals surface area contributed by atoms with Crippen LogP contribution in [0.5, 0.6) is 0 Å². The molecule has 0 bridgehead atoms. The molecule has 0 unspecified atom stereocenters. The number of aromatic nitrogens is 6. The summed E-state index contributed by atoms with van der Waals surface area (Å²) in [4.78, 5) is 18.8. The molecule has 1 aliphatic rings. The molecule has 8 heteroatoms. The number of nitrogens with one attached hydrogen (secondary N) is 1. The fourth-order valence-electron chi connectivity index (χ4n) is 5.65. The molecule has 4 aromatic heterocycles. The Morgan fingerprint density at radius 2 is 1.89 bits per heavy atom. The quantitative estimate of drug-likeness (QED) is 0.366. The molecule has 0 aliphatic carbocycles. The molecule has 0 spiro atoms. The molecule has 6 rings (SSSR count). The van der Waals surface area contributed by atoms with Gasteiger partial charge in [-0.2, -0.15) is 5.10 Å². The summed E-state index contributed by atoms with van der Waals surface area (Å²) in [7, 11) is 0. The van der Waals surface area contributed by atoms with Crippen molar-refractivity contribution in [3.05, 3.63) is 77.8 Å². The number of aromatic amines is 1. The van der Waals surface area contributed by atoms with Crippen molar-refractivity contribution in [1.82, 2.24) is 34.4 Å². The standard InChI is InChI=1S/C28H31N7O/c1-18(2)26-24-10-21(20-5-7-34(8-6-20)13-19-11-29-16-30-12-19)3-4-25(24)33-27(26)22-9-23(15-36)28-31-17-32-35(28)14-22/h3-4,9-12,14,16-18,20,33,36H,5-8,13,15H2,1-2H3. The average Bonchev–Trinajstić information content (AvgIpc) is 3.53. The van der Waals surface area contributed by atoms with E-state index in [4.69, 9.17) is 0 Å². The van der Waals surface area contributed by atoms with Gasteiger partial charge in [-0.15, -0.1) is 0 Å². The molecule has 1 aromatic carbocycles. The number of piperidine rings is 1. The summed E-state index contributed by atoms with van der Waals surface area (Å²) in [6, 6.07) is 8.94. The second kappa shape index (κ2) is 9.44. The third-order valence-electron chi connectivity index (χ3n) is 7.43. The first-order chi connectivity index (χ1) is 17.6. The van der Waals surface area contributed by atoms with Crippen LogP contribution in [0, 0.1) is 0 Å². The van der Waals surface area contributed by atoms with Gasteiger partial charge in [0.05, 0.1) is 12.3 Å². The molecule has 5 heterocycles. The normalized spacial score (nSPS) is 15.4. The van der Waals surface area contributed by atoms with Crippen molar-refractivity contribution in [3.63, 3.8) is 0 Å². The zero-order valence-corrected chi connectivity index (χ0v) is 20.7. The Balaban J connectivity index is 1.30. The van der Waals surface area contributed by atoms with Crippen molar-refractivity contribution in [2.75, 3.05) is 13.1 Å². The highest BCUT2D eigenvalue weighted by molar-refractivity contribution is 5.92. The lowest BCUT2D eigenvalue weighted by atomic mass is 9.87. The summed E-state index contributed by atoms with van der Waals surface area (Å²) in [5, 5.41) is 15.5. The minimum atomic E-state index is -0.0760. The fourth-order valence-corrected chi connectivity index (χ4v) is 5.65. The van der Waals surface area contributed by atoms with Crippen LogP contribution in [0.25, 0.3) is 27.8 Å². The lowest BCUT2D eigenvalue weighted by molar-refractivity contribution is 0.204. The second-order valence-corrected chi connectivity index (χ2v) is 10.1. The number of likely N-dealkylation sites (tertiary alicyclic amines) is 1. The van der Waals surface area contributed by atoms with Gasteiger partial charge in [0, 0.05) is 52.7 Å². The monoisotopic (exact) mass is 481 g/mol. The van der Waals surface area contributed by atoms with Gasteiger partial charge in [0.15, 0.2) is 5.65 Å². The van der Waals surface area contributed by atoms with Crippen LogP contribution in [0.1, 0.15) is 60.8 Å². The molecule has 2 N–H and O–H groups in total. The van der Waals surface area contributed by atoms with Gasteiger partial charge in [-0.25, -0.2) is 19.5 Å². The van der Waals surface area contributed by atoms with E-state index in [0.29, 0.717) is 17.5 Å². The smallest absolute Gasteiger partial charge is 0.160 e. The molecule has 0 atom stereocenters. The molecule has 36 heavy (non-hydrogen) atoms. The SMILES string of the molecule is CC(C)c1c(-c2cc(CO)c3ncnn3c2)[nH]c2ccc(C3CCN(Cc4cncnc4)CC3)cc12. The van der Waals surface area contributed by atoms with Gasteiger partial charge in [-0.05, 0) is 67.1 Å². The summed E-state index contributed by atoms with van der Waals surface area (Å²) < 4.78 is 1.75. The number of aliphatic hydroxyl groups excluding tert-OH is 1. The maximum absolute atomic E-state index is 9.92. The lowest BCUT2D eigenvalue weighted by Gasteiger charge is -2.32. The van der Waals surface area contributed by atoms with Crippen molar-refractivity contribution in [3.8, 4) is 11.3 Å². The molecular formula is C28H31N7O. The number of hydrogen-bond acceptors (Lipinski definition) is 6. The van der Waals surface area contributed by atoms with E-state index in [1.165, 1.54) is 28.4 Å². The van der Waals surface area contributed by atoms with Crippen LogP contribution in [-0.4, -0.2) is 52.6 Å². The first-order valence-electron chi connectivity index (χ1n) is 12.7.